The summed E-state index contributed by atoms with van der Waals surface area (Å²) in [4.78, 5) is 41.8. The molecule has 2 heterocycles. The minimum absolute atomic E-state index is 0.0117. The van der Waals surface area contributed by atoms with Gasteiger partial charge in [-0.05, 0) is 44.9 Å². The summed E-state index contributed by atoms with van der Waals surface area (Å²) in [7, 11) is 0. The normalized spacial score (nSPS) is 20.8. The van der Waals surface area contributed by atoms with Crippen molar-refractivity contribution < 1.29 is 28.6 Å². The molecule has 2 aromatic carbocycles. The molecule has 2 aliphatic rings. The third-order valence-corrected chi connectivity index (χ3v) is 6.17. The Morgan fingerprint density at radius 3 is 2.43 bits per heavy atom. The highest BCUT2D eigenvalue weighted by Crippen LogP contribution is 2.54. The summed E-state index contributed by atoms with van der Waals surface area (Å²) in [5.74, 6) is -4.15. The van der Waals surface area contributed by atoms with Crippen molar-refractivity contribution in [1.82, 2.24) is 0 Å². The molecule has 0 saturated heterocycles. The number of hydrogen-bond donors (Lipinski definition) is 1. The van der Waals surface area contributed by atoms with Crippen LogP contribution in [0, 0.1) is 22.7 Å². The van der Waals surface area contributed by atoms with E-state index in [-0.39, 0.29) is 17.9 Å². The van der Waals surface area contributed by atoms with Gasteiger partial charge < -0.3 is 14.2 Å². The van der Waals surface area contributed by atoms with Gasteiger partial charge in [0.2, 0.25) is 11.8 Å². The number of para-hydroxylation sites is 1. The number of benzene rings is 2. The minimum Gasteiger partial charge on any atom is -0.459 e. The molecule has 0 aromatic heterocycles. The number of esters is 2. The number of amides is 1. The molecule has 4 rings (SSSR count). The van der Waals surface area contributed by atoms with Crippen molar-refractivity contribution >= 4 is 29.4 Å². The van der Waals surface area contributed by atoms with Crippen LogP contribution in [0.15, 0.2) is 65.9 Å². The molecule has 2 aliphatic heterocycles. The smallest absolute Gasteiger partial charge is 0.339 e. The molecule has 0 saturated carbocycles. The van der Waals surface area contributed by atoms with E-state index in [1.807, 2.05) is 36.4 Å². The largest absolute Gasteiger partial charge is 0.459 e. The quantitative estimate of drug-likeness (QED) is 0.617. The molecule has 9 nitrogen and oxygen atoms in total. The number of rotatable bonds is 5. The topological polar surface area (TPSA) is 130 Å². The zero-order valence-corrected chi connectivity index (χ0v) is 21.0. The van der Waals surface area contributed by atoms with E-state index in [2.05, 4.69) is 0 Å². The number of nitriles is 1. The Labute approximate surface area is 214 Å². The van der Waals surface area contributed by atoms with Gasteiger partial charge in [-0.15, -0.1) is 0 Å². The number of allylic oxidation sites excluding steroid dienone is 1. The first-order valence-corrected chi connectivity index (χ1v) is 11.7. The maximum absolute atomic E-state index is 14.3. The molecule has 37 heavy (non-hydrogen) atoms. The molecule has 2 aromatic rings. The van der Waals surface area contributed by atoms with E-state index in [0.29, 0.717) is 11.3 Å². The van der Waals surface area contributed by atoms with Crippen molar-refractivity contribution in [3.63, 3.8) is 0 Å². The third kappa shape index (κ3) is 4.47. The van der Waals surface area contributed by atoms with E-state index < -0.39 is 47.2 Å². The van der Waals surface area contributed by atoms with Gasteiger partial charge in [0.1, 0.15) is 35.8 Å². The van der Waals surface area contributed by atoms with Crippen LogP contribution in [0.5, 0.6) is 0 Å². The van der Waals surface area contributed by atoms with E-state index in [0.717, 1.165) is 5.56 Å². The lowest BCUT2D eigenvalue weighted by molar-refractivity contribution is -0.152. The number of carbonyl (C=O) groups excluding carboxylic acids is 3. The van der Waals surface area contributed by atoms with Crippen LogP contribution in [0.4, 0.5) is 5.69 Å². The van der Waals surface area contributed by atoms with Crippen molar-refractivity contribution in [1.29, 1.82) is 10.7 Å². The first kappa shape index (κ1) is 25.6. The second-order valence-corrected chi connectivity index (χ2v) is 9.82. The highest BCUT2D eigenvalue weighted by atomic mass is 16.6. The van der Waals surface area contributed by atoms with Gasteiger partial charge in [0.25, 0.3) is 0 Å². The molecule has 0 radical (unpaired) electrons. The van der Waals surface area contributed by atoms with Crippen molar-refractivity contribution in [2.45, 2.75) is 45.3 Å². The first-order valence-electron chi connectivity index (χ1n) is 11.7. The molecule has 9 heteroatoms. The van der Waals surface area contributed by atoms with E-state index >= 15 is 0 Å². The SMILES string of the molecule is CC1=C(C(=O)OC(C)(C)C)C2(C(=O)N(CC(=O)OCc3ccccc3)c3ccccc32)C(C#N)C(=N)O1. The Kier molecular flexibility index (Phi) is 6.61. The van der Waals surface area contributed by atoms with Gasteiger partial charge in [0, 0.05) is 5.69 Å². The summed E-state index contributed by atoms with van der Waals surface area (Å²) in [6.45, 7) is 6.07. The van der Waals surface area contributed by atoms with Crippen LogP contribution in [0.2, 0.25) is 0 Å². The fourth-order valence-corrected chi connectivity index (χ4v) is 4.75. The summed E-state index contributed by atoms with van der Waals surface area (Å²) in [6.07, 6.45) is 0. The Bertz CT molecular complexity index is 1350. The first-order chi connectivity index (χ1) is 17.5. The van der Waals surface area contributed by atoms with E-state index in [1.54, 1.807) is 45.0 Å². The van der Waals surface area contributed by atoms with Gasteiger partial charge in [-0.3, -0.25) is 19.9 Å². The lowest BCUT2D eigenvalue weighted by Crippen LogP contribution is -2.55. The van der Waals surface area contributed by atoms with Gasteiger partial charge in [-0.1, -0.05) is 48.5 Å². The second kappa shape index (κ2) is 9.54. The number of anilines is 1. The number of nitrogens with zero attached hydrogens (tertiary/aromatic N) is 2. The lowest BCUT2D eigenvalue weighted by atomic mass is 9.64. The molecule has 2 unspecified atom stereocenters. The minimum atomic E-state index is -1.92. The molecule has 1 amide bonds. The lowest BCUT2D eigenvalue weighted by Gasteiger charge is -2.39. The molecule has 190 valence electrons. The predicted octanol–water partition coefficient (Wildman–Crippen LogP) is 3.78. The number of ether oxygens (including phenoxy) is 3. The van der Waals surface area contributed by atoms with Gasteiger partial charge in [0.05, 0.1) is 11.6 Å². The second-order valence-electron chi connectivity index (χ2n) is 9.82. The third-order valence-electron chi connectivity index (χ3n) is 6.17. The van der Waals surface area contributed by atoms with Crippen LogP contribution in [-0.4, -0.2) is 35.9 Å². The van der Waals surface area contributed by atoms with Crippen molar-refractivity contribution in [3.8, 4) is 6.07 Å². The average molecular weight is 502 g/mol. The van der Waals surface area contributed by atoms with E-state index in [4.69, 9.17) is 19.6 Å². The number of fused-ring (bicyclic) bond motifs is 2. The highest BCUT2D eigenvalue weighted by molar-refractivity contribution is 6.20. The predicted molar refractivity (Wildman–Crippen MR) is 133 cm³/mol. The Hall–Kier alpha value is -4.45. The van der Waals surface area contributed by atoms with Crippen LogP contribution in [0.3, 0.4) is 0 Å². The summed E-state index contributed by atoms with van der Waals surface area (Å²) in [5.41, 5.74) is -1.55. The number of nitrogens with one attached hydrogen (secondary N) is 1. The standard InChI is InChI=1S/C28H27N3O6/c1-17-23(25(33)37-27(2,3)4)28(20(14-29)24(30)36-17)19-12-8-9-13-21(19)31(26(28)34)15-22(32)35-16-18-10-6-5-7-11-18/h5-13,20,30H,15-16H2,1-4H3. The Morgan fingerprint density at radius 1 is 1.14 bits per heavy atom. The molecular weight excluding hydrogens is 474 g/mol. The zero-order chi connectivity index (χ0) is 27.0. The number of hydrogen-bond acceptors (Lipinski definition) is 8. The fourth-order valence-electron chi connectivity index (χ4n) is 4.75. The fraction of sp³-hybridized carbons (Fsp3) is 0.321. The van der Waals surface area contributed by atoms with Gasteiger partial charge in [-0.2, -0.15) is 5.26 Å². The maximum atomic E-state index is 14.3. The highest BCUT2D eigenvalue weighted by Gasteiger charge is 2.65. The molecular formula is C28H27N3O6. The van der Waals surface area contributed by atoms with Gasteiger partial charge in [0.15, 0.2) is 0 Å². The van der Waals surface area contributed by atoms with Gasteiger partial charge >= 0.3 is 11.9 Å². The number of carbonyl (C=O) groups is 3. The Balaban J connectivity index is 1.79. The van der Waals surface area contributed by atoms with Crippen LogP contribution in [0.1, 0.15) is 38.8 Å². The van der Waals surface area contributed by atoms with Crippen LogP contribution >= 0.6 is 0 Å². The summed E-state index contributed by atoms with van der Waals surface area (Å²) in [6, 6.07) is 17.7. The zero-order valence-electron chi connectivity index (χ0n) is 21.0. The monoisotopic (exact) mass is 501 g/mol. The van der Waals surface area contributed by atoms with E-state index in [9.17, 15) is 19.6 Å². The summed E-state index contributed by atoms with van der Waals surface area (Å²) < 4.78 is 16.5. The molecule has 0 aliphatic carbocycles. The molecule has 0 bridgehead atoms. The Morgan fingerprint density at radius 2 is 1.78 bits per heavy atom. The van der Waals surface area contributed by atoms with E-state index in [1.165, 1.54) is 11.8 Å². The molecule has 2 atom stereocenters. The summed E-state index contributed by atoms with van der Waals surface area (Å²) >= 11 is 0. The van der Waals surface area contributed by atoms with Crippen LogP contribution in [0.25, 0.3) is 0 Å². The van der Waals surface area contributed by atoms with Gasteiger partial charge in [-0.25, -0.2) is 4.79 Å². The average Bonchev–Trinajstić information content (AvgIpc) is 3.06. The molecule has 0 fully saturated rings. The summed E-state index contributed by atoms with van der Waals surface area (Å²) in [5, 5.41) is 18.5. The van der Waals surface area contributed by atoms with Crippen molar-refractivity contribution in [2.75, 3.05) is 11.4 Å². The van der Waals surface area contributed by atoms with Crippen LogP contribution in [-0.2, 0) is 40.6 Å². The molecule has 1 spiro atoms. The maximum Gasteiger partial charge on any atom is 0.339 e. The van der Waals surface area contributed by atoms with Crippen LogP contribution < -0.4 is 4.90 Å². The van der Waals surface area contributed by atoms with Crippen molar-refractivity contribution in [3.05, 3.63) is 77.1 Å². The van der Waals surface area contributed by atoms with Crippen molar-refractivity contribution in [2.24, 2.45) is 5.92 Å². The molecule has 1 N–H and O–H groups in total.